The molecule has 1 N–H and O–H groups in total. The molecule has 0 aromatic carbocycles. The first-order valence-corrected chi connectivity index (χ1v) is 9.26. The van der Waals surface area contributed by atoms with Crippen LogP contribution < -0.4 is 5.32 Å². The molecular formula is C18H37N3. The third-order valence-corrected chi connectivity index (χ3v) is 5.80. The second-order valence-electron chi connectivity index (χ2n) is 7.57. The molecule has 2 aliphatic rings. The Morgan fingerprint density at radius 2 is 1.95 bits per heavy atom. The highest BCUT2D eigenvalue weighted by molar-refractivity contribution is 4.89. The monoisotopic (exact) mass is 295 g/mol. The summed E-state index contributed by atoms with van der Waals surface area (Å²) >= 11 is 0. The van der Waals surface area contributed by atoms with Crippen LogP contribution >= 0.6 is 0 Å². The summed E-state index contributed by atoms with van der Waals surface area (Å²) in [7, 11) is 4.46. The lowest BCUT2D eigenvalue weighted by Gasteiger charge is -2.38. The highest BCUT2D eigenvalue weighted by Gasteiger charge is 2.33. The molecule has 1 saturated carbocycles. The molecule has 1 aliphatic carbocycles. The zero-order chi connectivity index (χ0) is 15.2. The van der Waals surface area contributed by atoms with Crippen LogP contribution in [-0.2, 0) is 0 Å². The molecule has 3 nitrogen and oxygen atoms in total. The Morgan fingerprint density at radius 3 is 2.57 bits per heavy atom. The zero-order valence-corrected chi connectivity index (χ0v) is 14.8. The van der Waals surface area contributed by atoms with Crippen molar-refractivity contribution in [1.29, 1.82) is 0 Å². The number of nitrogens with one attached hydrogen (secondary N) is 1. The molecule has 1 heterocycles. The van der Waals surface area contributed by atoms with Gasteiger partial charge in [-0.05, 0) is 71.1 Å². The fourth-order valence-electron chi connectivity index (χ4n) is 4.26. The Balaban J connectivity index is 1.87. The summed E-state index contributed by atoms with van der Waals surface area (Å²) in [4.78, 5) is 5.14. The first kappa shape index (κ1) is 17.2. The molecule has 0 radical (unpaired) electrons. The molecule has 3 heteroatoms. The second kappa shape index (κ2) is 8.50. The van der Waals surface area contributed by atoms with Crippen LogP contribution in [0.5, 0.6) is 0 Å². The fraction of sp³-hybridized carbons (Fsp3) is 1.00. The van der Waals surface area contributed by atoms with Gasteiger partial charge < -0.3 is 15.1 Å². The molecule has 0 spiro atoms. The first-order valence-electron chi connectivity index (χ1n) is 9.26. The van der Waals surface area contributed by atoms with E-state index in [-0.39, 0.29) is 0 Å². The van der Waals surface area contributed by atoms with Crippen molar-refractivity contribution in [2.75, 3.05) is 40.3 Å². The standard InChI is InChI=1S/C18H37N3/c1-5-10-19-18-8-7-15(6-2)12-16(18)13-21-11-9-17(14-21)20(3)4/h15-19H,5-14H2,1-4H3. The van der Waals surface area contributed by atoms with E-state index in [0.29, 0.717) is 0 Å². The number of hydrogen-bond donors (Lipinski definition) is 1. The Bertz CT molecular complexity index is 292. The van der Waals surface area contributed by atoms with Gasteiger partial charge in [-0.3, -0.25) is 0 Å². The van der Waals surface area contributed by atoms with E-state index in [4.69, 9.17) is 0 Å². The van der Waals surface area contributed by atoms with E-state index in [2.05, 4.69) is 43.1 Å². The van der Waals surface area contributed by atoms with Crippen molar-refractivity contribution >= 4 is 0 Å². The number of rotatable bonds is 7. The van der Waals surface area contributed by atoms with Crippen LogP contribution in [0.3, 0.4) is 0 Å². The van der Waals surface area contributed by atoms with E-state index < -0.39 is 0 Å². The maximum Gasteiger partial charge on any atom is 0.0229 e. The SMILES string of the molecule is CCCNC1CCC(CC)CC1CN1CCC(N(C)C)C1. The Kier molecular flexibility index (Phi) is 6.97. The van der Waals surface area contributed by atoms with Gasteiger partial charge in [-0.25, -0.2) is 0 Å². The van der Waals surface area contributed by atoms with E-state index in [1.54, 1.807) is 0 Å². The van der Waals surface area contributed by atoms with E-state index >= 15 is 0 Å². The maximum absolute atomic E-state index is 3.84. The third-order valence-electron chi connectivity index (χ3n) is 5.80. The lowest BCUT2D eigenvalue weighted by Crippen LogP contribution is -2.46. The molecule has 21 heavy (non-hydrogen) atoms. The Labute approximate surface area is 132 Å². The molecule has 0 bridgehead atoms. The summed E-state index contributed by atoms with van der Waals surface area (Å²) in [6, 6.07) is 1.55. The van der Waals surface area contributed by atoms with Crippen molar-refractivity contribution < 1.29 is 0 Å². The van der Waals surface area contributed by atoms with E-state index in [1.807, 2.05) is 0 Å². The van der Waals surface area contributed by atoms with Crippen LogP contribution in [0.2, 0.25) is 0 Å². The Morgan fingerprint density at radius 1 is 1.14 bits per heavy atom. The molecule has 1 saturated heterocycles. The Hall–Kier alpha value is -0.120. The van der Waals surface area contributed by atoms with Gasteiger partial charge in [0.15, 0.2) is 0 Å². The number of hydrogen-bond acceptors (Lipinski definition) is 3. The molecule has 1 aliphatic heterocycles. The fourth-order valence-corrected chi connectivity index (χ4v) is 4.26. The molecule has 0 aromatic rings. The highest BCUT2D eigenvalue weighted by atomic mass is 15.2. The van der Waals surface area contributed by atoms with E-state index in [9.17, 15) is 0 Å². The van der Waals surface area contributed by atoms with Crippen molar-refractivity contribution in [2.45, 2.75) is 64.5 Å². The average Bonchev–Trinajstić information content (AvgIpc) is 2.94. The molecule has 0 aromatic heterocycles. The van der Waals surface area contributed by atoms with Gasteiger partial charge in [0.2, 0.25) is 0 Å². The van der Waals surface area contributed by atoms with E-state index in [0.717, 1.165) is 23.9 Å². The van der Waals surface area contributed by atoms with Crippen LogP contribution in [0.1, 0.15) is 52.4 Å². The normalized spacial score (nSPS) is 34.7. The van der Waals surface area contributed by atoms with Crippen LogP contribution in [0.4, 0.5) is 0 Å². The molecule has 4 unspecified atom stereocenters. The number of likely N-dealkylation sites (tertiary alicyclic amines) is 1. The number of nitrogens with zero attached hydrogens (tertiary/aromatic N) is 2. The smallest absolute Gasteiger partial charge is 0.0229 e. The van der Waals surface area contributed by atoms with Crippen LogP contribution in [0.15, 0.2) is 0 Å². The summed E-state index contributed by atoms with van der Waals surface area (Å²) in [5.41, 5.74) is 0. The van der Waals surface area contributed by atoms with Crippen LogP contribution in [-0.4, -0.2) is 62.2 Å². The van der Waals surface area contributed by atoms with Gasteiger partial charge >= 0.3 is 0 Å². The summed E-state index contributed by atoms with van der Waals surface area (Å²) in [6.07, 6.45) is 8.26. The maximum atomic E-state index is 3.84. The van der Waals surface area contributed by atoms with Gasteiger partial charge in [-0.1, -0.05) is 20.3 Å². The van der Waals surface area contributed by atoms with Crippen molar-refractivity contribution in [2.24, 2.45) is 11.8 Å². The lowest BCUT2D eigenvalue weighted by molar-refractivity contribution is 0.146. The van der Waals surface area contributed by atoms with Gasteiger partial charge in [-0.2, -0.15) is 0 Å². The lowest BCUT2D eigenvalue weighted by atomic mass is 9.76. The van der Waals surface area contributed by atoms with Crippen molar-refractivity contribution in [3.8, 4) is 0 Å². The molecule has 2 fully saturated rings. The minimum Gasteiger partial charge on any atom is -0.314 e. The topological polar surface area (TPSA) is 18.5 Å². The molecule has 2 rings (SSSR count). The summed E-state index contributed by atoms with van der Waals surface area (Å²) in [5, 5.41) is 3.84. The molecular weight excluding hydrogens is 258 g/mol. The van der Waals surface area contributed by atoms with Crippen molar-refractivity contribution in [3.63, 3.8) is 0 Å². The molecule has 0 amide bonds. The van der Waals surface area contributed by atoms with Gasteiger partial charge in [0, 0.05) is 25.2 Å². The van der Waals surface area contributed by atoms with Crippen molar-refractivity contribution in [3.05, 3.63) is 0 Å². The predicted molar refractivity (Wildman–Crippen MR) is 91.7 cm³/mol. The summed E-state index contributed by atoms with van der Waals surface area (Å²) in [6.45, 7) is 9.75. The minimum absolute atomic E-state index is 0.770. The average molecular weight is 296 g/mol. The highest BCUT2D eigenvalue weighted by Crippen LogP contribution is 2.32. The first-order chi connectivity index (χ1) is 10.1. The van der Waals surface area contributed by atoms with Crippen LogP contribution in [0.25, 0.3) is 0 Å². The molecule has 124 valence electrons. The second-order valence-corrected chi connectivity index (χ2v) is 7.57. The largest absolute Gasteiger partial charge is 0.314 e. The van der Waals surface area contributed by atoms with Crippen molar-refractivity contribution in [1.82, 2.24) is 15.1 Å². The summed E-state index contributed by atoms with van der Waals surface area (Å²) in [5.74, 6) is 1.85. The zero-order valence-electron chi connectivity index (χ0n) is 14.8. The van der Waals surface area contributed by atoms with Crippen LogP contribution in [0, 0.1) is 11.8 Å². The third kappa shape index (κ3) is 4.94. The quantitative estimate of drug-likeness (QED) is 0.779. The predicted octanol–water partition coefficient (Wildman–Crippen LogP) is 2.82. The van der Waals surface area contributed by atoms with Gasteiger partial charge in [-0.15, -0.1) is 0 Å². The minimum atomic E-state index is 0.770. The van der Waals surface area contributed by atoms with E-state index in [1.165, 1.54) is 64.7 Å². The van der Waals surface area contributed by atoms with Gasteiger partial charge in [0.05, 0.1) is 0 Å². The molecule has 4 atom stereocenters. The number of likely N-dealkylation sites (N-methyl/N-ethyl adjacent to an activating group) is 1. The van der Waals surface area contributed by atoms with Gasteiger partial charge in [0.25, 0.3) is 0 Å². The summed E-state index contributed by atoms with van der Waals surface area (Å²) < 4.78 is 0. The van der Waals surface area contributed by atoms with Gasteiger partial charge in [0.1, 0.15) is 0 Å².